The topological polar surface area (TPSA) is 87.5 Å². The van der Waals surface area contributed by atoms with Crippen LogP contribution in [0, 0.1) is 13.8 Å². The summed E-state index contributed by atoms with van der Waals surface area (Å²) < 4.78 is 1.65. The Hall–Kier alpha value is -3.16. The lowest BCUT2D eigenvalue weighted by Gasteiger charge is -2.35. The molecule has 158 valence electrons. The fourth-order valence-electron chi connectivity index (χ4n) is 4.47. The highest BCUT2D eigenvalue weighted by molar-refractivity contribution is 6.10. The average Bonchev–Trinajstić information content (AvgIpc) is 3.17. The summed E-state index contributed by atoms with van der Waals surface area (Å²) in [5.41, 5.74) is 1.91. The van der Waals surface area contributed by atoms with Crippen molar-refractivity contribution < 1.29 is 14.4 Å². The number of amides is 4. The zero-order valence-electron chi connectivity index (χ0n) is 17.6. The molecule has 1 aromatic heterocycles. The molecule has 2 aliphatic rings. The third-order valence-electron chi connectivity index (χ3n) is 6.16. The average molecular weight is 409 g/mol. The van der Waals surface area contributed by atoms with Crippen LogP contribution in [-0.4, -0.2) is 56.6 Å². The van der Waals surface area contributed by atoms with Gasteiger partial charge in [-0.05, 0) is 38.8 Å². The van der Waals surface area contributed by atoms with Crippen LogP contribution in [0.15, 0.2) is 30.3 Å². The number of aryl methyl sites for hydroxylation is 2. The Labute approximate surface area is 175 Å². The van der Waals surface area contributed by atoms with Gasteiger partial charge in [0.1, 0.15) is 17.9 Å². The lowest BCUT2D eigenvalue weighted by atomic mass is 9.81. The van der Waals surface area contributed by atoms with Crippen LogP contribution in [0.25, 0.3) is 5.69 Å². The Balaban J connectivity index is 1.51. The number of nitrogens with zero attached hydrogens (tertiary/aromatic N) is 4. The summed E-state index contributed by atoms with van der Waals surface area (Å²) in [4.78, 5) is 41.2. The molecule has 2 heterocycles. The Kier molecular flexibility index (Phi) is 5.09. The molecule has 4 amide bonds. The minimum absolute atomic E-state index is 0.256. The second-order valence-corrected chi connectivity index (χ2v) is 8.29. The van der Waals surface area contributed by atoms with Gasteiger partial charge in [0, 0.05) is 13.1 Å². The van der Waals surface area contributed by atoms with Crippen LogP contribution in [0.4, 0.5) is 10.6 Å². The van der Waals surface area contributed by atoms with Crippen LogP contribution in [-0.2, 0) is 9.59 Å². The smallest absolute Gasteiger partial charge is 0.313 e. The minimum Gasteiger partial charge on any atom is -0.313 e. The molecule has 1 N–H and O–H groups in total. The van der Waals surface area contributed by atoms with Crippen LogP contribution in [0.5, 0.6) is 0 Å². The second-order valence-electron chi connectivity index (χ2n) is 8.29. The van der Waals surface area contributed by atoms with Gasteiger partial charge in [0.15, 0.2) is 0 Å². The quantitative estimate of drug-likeness (QED) is 0.787. The summed E-state index contributed by atoms with van der Waals surface area (Å²) in [6.07, 6.45) is 4.22. The number of anilines is 1. The maximum Gasteiger partial charge on any atom is 0.327 e. The van der Waals surface area contributed by atoms with Gasteiger partial charge in [0.05, 0.1) is 11.4 Å². The van der Waals surface area contributed by atoms with E-state index >= 15 is 0 Å². The highest BCUT2D eigenvalue weighted by Crippen LogP contribution is 2.39. The van der Waals surface area contributed by atoms with E-state index in [4.69, 9.17) is 0 Å². The number of carbonyl (C=O) groups excluding carboxylic acids is 3. The normalized spacial score (nSPS) is 18.4. The van der Waals surface area contributed by atoms with Crippen molar-refractivity contribution in [2.75, 3.05) is 18.9 Å². The number of aromatic nitrogens is 2. The molecule has 1 spiro atoms. The molecule has 0 atom stereocenters. The van der Waals surface area contributed by atoms with Gasteiger partial charge in [0.25, 0.3) is 5.91 Å². The highest BCUT2D eigenvalue weighted by atomic mass is 16.2. The highest BCUT2D eigenvalue weighted by Gasteiger charge is 2.55. The Bertz CT molecular complexity index is 989. The summed E-state index contributed by atoms with van der Waals surface area (Å²) in [5.74, 6) is -0.180. The second kappa shape index (κ2) is 7.59. The molecule has 1 aromatic carbocycles. The van der Waals surface area contributed by atoms with E-state index in [-0.39, 0.29) is 12.5 Å². The molecule has 1 aliphatic heterocycles. The Morgan fingerprint density at radius 1 is 1.10 bits per heavy atom. The summed E-state index contributed by atoms with van der Waals surface area (Å²) in [7, 11) is 1.67. The lowest BCUT2D eigenvalue weighted by Crippen LogP contribution is -2.49. The number of imide groups is 1. The maximum atomic E-state index is 13.1. The van der Waals surface area contributed by atoms with Crippen molar-refractivity contribution in [2.24, 2.45) is 0 Å². The zero-order valence-corrected chi connectivity index (χ0v) is 17.6. The van der Waals surface area contributed by atoms with Crippen LogP contribution < -0.4 is 5.32 Å². The standard InChI is InChI=1S/C22H27N5O3/c1-15-7-9-17(10-8-15)27-18(13-16(2)24-27)23-19(28)14-26-20(29)22(25(3)21(26)30)11-5-4-6-12-22/h7-10,13H,4-6,11-12,14H2,1-3H3,(H,23,28). The summed E-state index contributed by atoms with van der Waals surface area (Å²) >= 11 is 0. The van der Waals surface area contributed by atoms with Crippen molar-refractivity contribution in [3.63, 3.8) is 0 Å². The van der Waals surface area contributed by atoms with E-state index in [2.05, 4.69) is 10.4 Å². The Morgan fingerprint density at radius 2 is 1.77 bits per heavy atom. The Morgan fingerprint density at radius 3 is 2.43 bits per heavy atom. The molecule has 8 heteroatoms. The molecule has 0 radical (unpaired) electrons. The molecule has 30 heavy (non-hydrogen) atoms. The SMILES string of the molecule is Cc1ccc(-n2nc(C)cc2NC(=O)CN2C(=O)N(C)C3(CCCCC3)C2=O)cc1. The molecule has 1 saturated carbocycles. The number of nitrogens with one attached hydrogen (secondary N) is 1. The first-order chi connectivity index (χ1) is 14.3. The van der Waals surface area contributed by atoms with E-state index in [0.29, 0.717) is 18.7 Å². The number of benzene rings is 1. The number of hydrogen-bond acceptors (Lipinski definition) is 4. The van der Waals surface area contributed by atoms with Gasteiger partial charge in [0.2, 0.25) is 5.91 Å². The van der Waals surface area contributed by atoms with E-state index in [1.165, 1.54) is 4.90 Å². The van der Waals surface area contributed by atoms with E-state index in [1.54, 1.807) is 17.8 Å². The first-order valence-corrected chi connectivity index (χ1v) is 10.4. The molecular formula is C22H27N5O3. The number of urea groups is 1. The van der Waals surface area contributed by atoms with Gasteiger partial charge in [-0.3, -0.25) is 14.5 Å². The van der Waals surface area contributed by atoms with E-state index in [1.807, 2.05) is 38.1 Å². The summed E-state index contributed by atoms with van der Waals surface area (Å²) in [5, 5.41) is 7.27. The monoisotopic (exact) mass is 409 g/mol. The predicted octanol–water partition coefficient (Wildman–Crippen LogP) is 3.02. The zero-order chi connectivity index (χ0) is 21.5. The van der Waals surface area contributed by atoms with Gasteiger partial charge in [-0.2, -0.15) is 5.10 Å². The van der Waals surface area contributed by atoms with Crippen molar-refractivity contribution in [3.05, 3.63) is 41.6 Å². The van der Waals surface area contributed by atoms with Crippen LogP contribution in [0.3, 0.4) is 0 Å². The summed E-state index contributed by atoms with van der Waals surface area (Å²) in [6.45, 7) is 3.54. The molecular weight excluding hydrogens is 382 g/mol. The van der Waals surface area contributed by atoms with Crippen molar-refractivity contribution >= 4 is 23.7 Å². The molecule has 2 fully saturated rings. The molecule has 0 bridgehead atoms. The van der Waals surface area contributed by atoms with Crippen molar-refractivity contribution in [1.82, 2.24) is 19.6 Å². The van der Waals surface area contributed by atoms with Crippen LogP contribution in [0.1, 0.15) is 43.4 Å². The number of hydrogen-bond donors (Lipinski definition) is 1. The minimum atomic E-state index is -0.782. The molecule has 1 aliphatic carbocycles. The van der Waals surface area contributed by atoms with Crippen LogP contribution in [0.2, 0.25) is 0 Å². The lowest BCUT2D eigenvalue weighted by molar-refractivity contribution is -0.136. The molecule has 1 saturated heterocycles. The first-order valence-electron chi connectivity index (χ1n) is 10.4. The molecule has 4 rings (SSSR count). The van der Waals surface area contributed by atoms with Gasteiger partial charge in [-0.1, -0.05) is 37.0 Å². The summed E-state index contributed by atoms with van der Waals surface area (Å²) in [6, 6.07) is 9.15. The molecule has 2 aromatic rings. The van der Waals surface area contributed by atoms with Gasteiger partial charge in [-0.25, -0.2) is 9.48 Å². The van der Waals surface area contributed by atoms with Crippen LogP contribution >= 0.6 is 0 Å². The number of carbonyl (C=O) groups is 3. The van der Waals surface area contributed by atoms with E-state index in [9.17, 15) is 14.4 Å². The predicted molar refractivity (Wildman–Crippen MR) is 112 cm³/mol. The maximum absolute atomic E-state index is 13.1. The van der Waals surface area contributed by atoms with Crippen molar-refractivity contribution in [1.29, 1.82) is 0 Å². The molecule has 8 nitrogen and oxygen atoms in total. The fraction of sp³-hybridized carbons (Fsp3) is 0.455. The van der Waals surface area contributed by atoms with E-state index in [0.717, 1.165) is 41.1 Å². The fourth-order valence-corrected chi connectivity index (χ4v) is 4.47. The van der Waals surface area contributed by atoms with Gasteiger partial charge in [-0.15, -0.1) is 0 Å². The van der Waals surface area contributed by atoms with Gasteiger partial charge >= 0.3 is 6.03 Å². The number of rotatable bonds is 4. The van der Waals surface area contributed by atoms with E-state index < -0.39 is 17.5 Å². The number of likely N-dealkylation sites (N-methyl/N-ethyl adjacent to an activating group) is 1. The van der Waals surface area contributed by atoms with Crippen molar-refractivity contribution in [2.45, 2.75) is 51.5 Å². The largest absolute Gasteiger partial charge is 0.327 e. The third kappa shape index (κ3) is 3.36. The molecule has 0 unspecified atom stereocenters. The van der Waals surface area contributed by atoms with Gasteiger partial charge < -0.3 is 10.2 Å². The third-order valence-corrected chi connectivity index (χ3v) is 6.16. The van der Waals surface area contributed by atoms with Crippen molar-refractivity contribution in [3.8, 4) is 5.69 Å². The first kappa shape index (κ1) is 20.1.